The van der Waals surface area contributed by atoms with Gasteiger partial charge in [0.15, 0.2) is 5.90 Å². The number of unbranched alkanes of at least 4 members (excludes halogenated alkanes) is 1. The summed E-state index contributed by atoms with van der Waals surface area (Å²) >= 11 is 3.44. The summed E-state index contributed by atoms with van der Waals surface area (Å²) < 4.78 is 4.78. The van der Waals surface area contributed by atoms with Crippen LogP contribution in [0.5, 0.6) is 0 Å². The zero-order valence-corrected chi connectivity index (χ0v) is 65.9. The minimum absolute atomic E-state index is 0. The van der Waals surface area contributed by atoms with E-state index in [2.05, 4.69) is 266 Å². The molecule has 0 radical (unpaired) electrons. The second kappa shape index (κ2) is 40.0. The minimum Gasteiger partial charge on any atom is -0.366 e. The summed E-state index contributed by atoms with van der Waals surface area (Å²) in [6.45, 7) is 0. The third-order valence-corrected chi connectivity index (χ3v) is 31.0. The first-order valence-corrected chi connectivity index (χ1v) is 38.9. The number of hydrogen-bond donors (Lipinski definition) is 0. The van der Waals surface area contributed by atoms with Gasteiger partial charge in [-0.2, -0.15) is 0 Å². The molecule has 0 N–H and O–H groups in total. The summed E-state index contributed by atoms with van der Waals surface area (Å²) in [5.41, 5.74) is 3.12. The van der Waals surface area contributed by atoms with Gasteiger partial charge in [0.2, 0.25) is 0 Å². The summed E-state index contributed by atoms with van der Waals surface area (Å²) in [7, 11) is -3.12. The van der Waals surface area contributed by atoms with Gasteiger partial charge in [-0.3, -0.25) is 23.7 Å². The van der Waals surface area contributed by atoms with Crippen molar-refractivity contribution < 1.29 is 89.5 Å². The Morgan fingerprint density at radius 1 is 0.232 bits per heavy atom. The second-order valence-corrected chi connectivity index (χ2v) is 34.8. The van der Waals surface area contributed by atoms with Gasteiger partial charge in [-0.1, -0.05) is 170 Å². The quantitative estimate of drug-likeness (QED) is 0.0315. The van der Waals surface area contributed by atoms with Gasteiger partial charge in [0, 0.05) is 18.8 Å². The van der Waals surface area contributed by atoms with Crippen molar-refractivity contribution in [1.82, 2.24) is 0 Å². The Hall–Kier alpha value is -6.00. The van der Waals surface area contributed by atoms with Crippen molar-refractivity contribution in [1.29, 1.82) is 0 Å². The smallest absolute Gasteiger partial charge is 0.366 e. The summed E-state index contributed by atoms with van der Waals surface area (Å²) in [5, 5.41) is 16.6. The summed E-state index contributed by atoms with van der Waals surface area (Å²) in [4.78, 5) is 0. The van der Waals surface area contributed by atoms with Crippen LogP contribution in [0.15, 0.2) is 315 Å². The van der Waals surface area contributed by atoms with Gasteiger partial charge >= 0.3 is 89.5 Å². The van der Waals surface area contributed by atoms with E-state index in [9.17, 15) is 0 Å². The van der Waals surface area contributed by atoms with Gasteiger partial charge in [-0.05, 0) is 131 Å². The molecule has 0 saturated heterocycles. The molecular formula is C85H66Au4P4S2+4. The van der Waals surface area contributed by atoms with Crippen LogP contribution in [0.2, 0.25) is 0 Å². The molecule has 14 rings (SSSR count). The Labute approximate surface area is 637 Å². The second-order valence-electron chi connectivity index (χ2n) is 21.8. The van der Waals surface area contributed by atoms with E-state index in [1.165, 1.54) is 92.3 Å². The molecule has 0 fully saturated rings. The Morgan fingerprint density at radius 2 is 0.411 bits per heavy atom. The molecule has 2 heterocycles. The molecule has 2 aromatic heterocycles. The third kappa shape index (κ3) is 20.8. The van der Waals surface area contributed by atoms with Gasteiger partial charge in [-0.25, -0.2) is 0 Å². The first-order valence-electron chi connectivity index (χ1n) is 30.5. The van der Waals surface area contributed by atoms with E-state index in [0.29, 0.717) is 0 Å². The number of rotatable bonds is 15. The molecule has 0 aliphatic rings. The molecule has 0 aliphatic heterocycles. The predicted octanol–water partition coefficient (Wildman–Crippen LogP) is 18.0. The first-order chi connectivity index (χ1) is 45.0. The van der Waals surface area contributed by atoms with E-state index in [1.54, 1.807) is 22.7 Å². The summed E-state index contributed by atoms with van der Waals surface area (Å²) in [6.07, 6.45) is 33.9. The van der Waals surface area contributed by atoms with Gasteiger partial charge in [0.25, 0.3) is 0 Å². The van der Waals surface area contributed by atoms with E-state index >= 15 is 0 Å². The number of hydrogen-bond acceptors (Lipinski definition) is 2. The van der Waals surface area contributed by atoms with Crippen molar-refractivity contribution in [2.24, 2.45) is 0 Å². The topological polar surface area (TPSA) is 0 Å². The molecular weight excluding hydrogens is 2000 g/mol. The van der Waals surface area contributed by atoms with Crippen molar-refractivity contribution in [2.75, 3.05) is 18.2 Å². The molecule has 12 aromatic carbocycles. The molecule has 0 spiro atoms. The number of benzene rings is 12. The number of fused-ring (bicyclic) bond motifs is 6. The Morgan fingerprint density at radius 3 is 0.589 bits per heavy atom. The fraction of sp³-hybridized carbons (Fsp3) is 0.0588. The van der Waals surface area contributed by atoms with E-state index in [1.807, 2.05) is 72.8 Å². The van der Waals surface area contributed by atoms with Crippen LogP contribution in [0.25, 0.3) is 40.3 Å². The van der Waals surface area contributed by atoms with Crippen molar-refractivity contribution in [2.45, 2.75) is 12.8 Å². The van der Waals surface area contributed by atoms with Crippen LogP contribution in [0.4, 0.5) is 0 Å². The van der Waals surface area contributed by atoms with Crippen molar-refractivity contribution in [3.8, 4) is 23.7 Å². The fourth-order valence-electron chi connectivity index (χ4n) is 11.4. The Kier molecular flexibility index (Phi) is 32.2. The van der Waals surface area contributed by atoms with Gasteiger partial charge in [0.1, 0.15) is 37.1 Å². The monoisotopic (exact) mass is 2060 g/mol. The largest absolute Gasteiger partial charge is 1.00 e. The van der Waals surface area contributed by atoms with Crippen LogP contribution in [0.3, 0.4) is 0 Å². The molecule has 0 unspecified atom stereocenters. The first kappa shape index (κ1) is 76.4. The molecule has 0 aliphatic carbocycles. The van der Waals surface area contributed by atoms with E-state index in [-0.39, 0.29) is 89.5 Å². The van der Waals surface area contributed by atoms with E-state index in [0.717, 1.165) is 43.8 Å². The summed E-state index contributed by atoms with van der Waals surface area (Å²) in [5.74, 6) is 10.9. The van der Waals surface area contributed by atoms with E-state index < -0.39 is 31.7 Å². The zero-order valence-electron chi connectivity index (χ0n) is 51.6. The van der Waals surface area contributed by atoms with Crippen LogP contribution in [0.1, 0.15) is 35.1 Å². The molecule has 0 atom stereocenters. The maximum absolute atomic E-state index is 7.17. The SMILES string of the molecule is [Au+].[Au+].[Au+].[Au+].[C-]#Cc1ccc2sc3ccc(C#[C-])cc3c2c1.[C-]#Cc1ccc2sc3ccc(C#[C-])cc3c2c1.c1ccc([PH+](CCCC[PH+](c2ccccc2)c2ccccc2)c2ccccc2)cc1.c1ccc([PH+](C[PH+](c2ccccc2)c2ccccc2)c2ccccc2)cc1. The van der Waals surface area contributed by atoms with Crippen LogP contribution >= 0.6 is 54.4 Å². The maximum Gasteiger partial charge on any atom is 1.00 e. The average Bonchev–Trinajstić information content (AvgIpc) is 1.66. The van der Waals surface area contributed by atoms with Crippen LogP contribution in [-0.4, -0.2) is 18.2 Å². The minimum atomic E-state index is -0.847. The van der Waals surface area contributed by atoms with Gasteiger partial charge in [0.05, 0.1) is 49.4 Å². The van der Waals surface area contributed by atoms with Crippen LogP contribution in [0, 0.1) is 49.4 Å². The molecule has 478 valence electrons. The van der Waals surface area contributed by atoms with Gasteiger partial charge in [-0.15, -0.1) is 93.5 Å². The van der Waals surface area contributed by atoms with Gasteiger partial charge < -0.3 is 25.7 Å². The Balaban J connectivity index is 0.000000181. The molecule has 95 heavy (non-hydrogen) atoms. The molecule has 0 amide bonds. The maximum atomic E-state index is 7.17. The molecule has 0 bridgehead atoms. The zero-order chi connectivity index (χ0) is 62.4. The van der Waals surface area contributed by atoms with Crippen molar-refractivity contribution in [3.63, 3.8) is 0 Å². The standard InChI is InChI=1S/C28H28P2.C25H22P2.2C16H6S.4Au/c1-5-15-25(16-6-1)29(26-17-7-2-8-18-26)23-13-14-24-30(27-19-9-3-10-20-27)28-21-11-4-12-22-28;1-5-13-22(14-6-1)26(23-15-7-2-8-16-23)21-27(24-17-9-3-10-18-24)25-19-11-4-12-20-25;2*1-3-11-5-7-15-13(9-11)14-10-12(4-2)6-8-16(14)17-15;;;;/h1-12,15-22H,13-14,23-24H2;1-20H,21H2;2*5-10H;;;;/q;;2*-2;4*+1/p+4. The molecule has 14 aromatic rings. The molecule has 0 nitrogen and oxygen atoms in total. The van der Waals surface area contributed by atoms with Crippen LogP contribution < -0.4 is 42.4 Å². The fourth-order valence-corrected chi connectivity index (χ4v) is 26.7. The number of thiophene rings is 2. The third-order valence-electron chi connectivity index (χ3n) is 16.0. The molecule has 0 saturated carbocycles. The molecule has 10 heteroatoms. The van der Waals surface area contributed by atoms with E-state index in [4.69, 9.17) is 25.7 Å². The normalized spacial score (nSPS) is 10.3. The summed E-state index contributed by atoms with van der Waals surface area (Å²) in [6, 6.07) is 113. The predicted molar refractivity (Wildman–Crippen MR) is 409 cm³/mol. The van der Waals surface area contributed by atoms with Crippen LogP contribution in [-0.2, 0) is 89.5 Å². The average molecular weight is 2060 g/mol. The Bertz CT molecular complexity index is 4200. The van der Waals surface area contributed by atoms with Crippen molar-refractivity contribution in [3.05, 3.63) is 363 Å². The van der Waals surface area contributed by atoms with Crippen molar-refractivity contribution >= 4 is 137 Å².